The van der Waals surface area contributed by atoms with Crippen LogP contribution in [0.4, 0.5) is 0 Å². The first-order valence-electron chi connectivity index (χ1n) is 12.2. The number of ether oxygens (including phenoxy) is 2. The molecule has 6 nitrogen and oxygen atoms in total. The number of aliphatic hydroxyl groups is 2. The van der Waals surface area contributed by atoms with Gasteiger partial charge >= 0.3 is 5.97 Å². The molecule has 5 atom stereocenters. The van der Waals surface area contributed by atoms with Crippen LogP contribution >= 0.6 is 0 Å². The normalized spacial score (nSPS) is 38.0. The summed E-state index contributed by atoms with van der Waals surface area (Å²) in [6, 6.07) is 3.90. The molecule has 6 heteroatoms. The third-order valence-electron chi connectivity index (χ3n) is 9.20. The van der Waals surface area contributed by atoms with Gasteiger partial charge in [-0.05, 0) is 76.5 Å². The molecular formula is C26H33NO5. The van der Waals surface area contributed by atoms with E-state index in [-0.39, 0.29) is 6.04 Å². The lowest BCUT2D eigenvalue weighted by Gasteiger charge is -2.64. The molecule has 2 heterocycles. The molecule has 0 amide bonds. The molecule has 2 saturated carbocycles. The summed E-state index contributed by atoms with van der Waals surface area (Å²) in [5, 5.41) is 23.3. The third kappa shape index (κ3) is 2.54. The number of aliphatic hydroxyl groups excluding tert-OH is 1. The predicted octanol–water partition coefficient (Wildman–Crippen LogP) is 2.87. The quantitative estimate of drug-likeness (QED) is 0.427. The van der Waals surface area contributed by atoms with Crippen molar-refractivity contribution >= 4 is 5.97 Å². The molecule has 3 aliphatic carbocycles. The molecule has 6 rings (SSSR count). The summed E-state index contributed by atoms with van der Waals surface area (Å²) in [6.07, 6.45) is 7.08. The molecule has 2 aliphatic heterocycles. The highest BCUT2D eigenvalue weighted by Gasteiger charge is 2.73. The Morgan fingerprint density at radius 2 is 2.12 bits per heavy atom. The fourth-order valence-corrected chi connectivity index (χ4v) is 7.20. The largest absolute Gasteiger partial charge is 0.482 e. The first-order chi connectivity index (χ1) is 15.4. The van der Waals surface area contributed by atoms with Gasteiger partial charge < -0.3 is 19.7 Å². The smallest absolute Gasteiger partial charge is 0.338 e. The van der Waals surface area contributed by atoms with Crippen LogP contribution in [0.5, 0.6) is 11.5 Å². The zero-order chi connectivity index (χ0) is 22.3. The number of rotatable bonds is 4. The Bertz CT molecular complexity index is 1000. The van der Waals surface area contributed by atoms with Crippen LogP contribution in [0, 0.1) is 5.92 Å². The van der Waals surface area contributed by atoms with Gasteiger partial charge in [0.05, 0.1) is 17.1 Å². The summed E-state index contributed by atoms with van der Waals surface area (Å²) >= 11 is 0. The fourth-order valence-electron chi connectivity index (χ4n) is 7.20. The van der Waals surface area contributed by atoms with Crippen molar-refractivity contribution in [1.82, 2.24) is 4.90 Å². The maximum absolute atomic E-state index is 12.5. The summed E-state index contributed by atoms with van der Waals surface area (Å²) in [5.41, 5.74) is 1.08. The second kappa shape index (κ2) is 7.05. The number of allylic oxidation sites excluding steroid dienone is 1. The van der Waals surface area contributed by atoms with Crippen LogP contribution in [0.2, 0.25) is 0 Å². The second-order valence-electron chi connectivity index (χ2n) is 10.6. The van der Waals surface area contributed by atoms with Gasteiger partial charge in [-0.15, -0.1) is 0 Å². The molecule has 5 unspecified atom stereocenters. The lowest BCUT2D eigenvalue weighted by atomic mass is 9.48. The zero-order valence-electron chi connectivity index (χ0n) is 19.0. The summed E-state index contributed by atoms with van der Waals surface area (Å²) in [7, 11) is 0. The average Bonchev–Trinajstić information content (AvgIpc) is 3.11. The molecule has 1 saturated heterocycles. The van der Waals surface area contributed by atoms with Crippen molar-refractivity contribution in [2.24, 2.45) is 5.92 Å². The first kappa shape index (κ1) is 20.7. The summed E-state index contributed by atoms with van der Waals surface area (Å²) < 4.78 is 12.1. The number of esters is 1. The number of carbonyl (C=O) groups excluding carboxylic acids is 1. The van der Waals surface area contributed by atoms with Crippen molar-refractivity contribution in [1.29, 1.82) is 0 Å². The van der Waals surface area contributed by atoms with E-state index in [1.54, 1.807) is 19.9 Å². The topological polar surface area (TPSA) is 79.2 Å². The molecule has 5 aliphatic rings. The molecule has 2 bridgehead atoms. The Morgan fingerprint density at radius 3 is 2.84 bits per heavy atom. The number of carbonyl (C=O) groups is 1. The van der Waals surface area contributed by atoms with E-state index in [0.29, 0.717) is 29.9 Å². The molecule has 2 N–H and O–H groups in total. The maximum Gasteiger partial charge on any atom is 0.338 e. The van der Waals surface area contributed by atoms with Crippen molar-refractivity contribution in [3.05, 3.63) is 34.9 Å². The Morgan fingerprint density at radius 1 is 1.31 bits per heavy atom. The van der Waals surface area contributed by atoms with Gasteiger partial charge in [0.15, 0.2) is 11.5 Å². The van der Waals surface area contributed by atoms with Crippen LogP contribution in [0.1, 0.15) is 63.5 Å². The number of piperidine rings is 1. The number of hydrogen-bond donors (Lipinski definition) is 2. The average molecular weight is 440 g/mol. The molecule has 32 heavy (non-hydrogen) atoms. The van der Waals surface area contributed by atoms with Gasteiger partial charge in [-0.3, -0.25) is 4.90 Å². The van der Waals surface area contributed by atoms with Gasteiger partial charge in [-0.25, -0.2) is 4.79 Å². The second-order valence-corrected chi connectivity index (χ2v) is 10.6. The minimum absolute atomic E-state index is 0.0348. The van der Waals surface area contributed by atoms with E-state index in [4.69, 9.17) is 9.47 Å². The molecule has 0 radical (unpaired) electrons. The highest BCUT2D eigenvalue weighted by Crippen LogP contribution is 2.65. The van der Waals surface area contributed by atoms with Crippen molar-refractivity contribution < 1.29 is 24.5 Å². The van der Waals surface area contributed by atoms with Crippen LogP contribution in [0.25, 0.3) is 0 Å². The van der Waals surface area contributed by atoms with Gasteiger partial charge in [-0.1, -0.05) is 18.6 Å². The van der Waals surface area contributed by atoms with E-state index >= 15 is 0 Å². The highest BCUT2D eigenvalue weighted by molar-refractivity contribution is 5.90. The maximum atomic E-state index is 12.5. The van der Waals surface area contributed by atoms with E-state index in [1.807, 2.05) is 12.1 Å². The summed E-state index contributed by atoms with van der Waals surface area (Å²) in [5.74, 6) is 1.28. The number of benzene rings is 1. The van der Waals surface area contributed by atoms with E-state index < -0.39 is 29.2 Å². The van der Waals surface area contributed by atoms with E-state index in [9.17, 15) is 15.0 Å². The van der Waals surface area contributed by atoms with Gasteiger partial charge in [0, 0.05) is 23.7 Å². The molecule has 3 fully saturated rings. The van der Waals surface area contributed by atoms with Crippen molar-refractivity contribution in [2.75, 3.05) is 13.1 Å². The Labute approximate surface area is 189 Å². The minimum Gasteiger partial charge on any atom is -0.482 e. The lowest BCUT2D eigenvalue weighted by molar-refractivity contribution is -0.209. The highest BCUT2D eigenvalue weighted by atomic mass is 16.6. The van der Waals surface area contributed by atoms with Gasteiger partial charge in [0.2, 0.25) is 0 Å². The number of hydrogen-bond acceptors (Lipinski definition) is 6. The SMILES string of the molecule is C/C=C(\C)C(=O)Oc1ccc2c3c1OC1C(O)CCC4(O)C(C2)N(CC2CCC2)CCC314. The Balaban J connectivity index is 1.46. The van der Waals surface area contributed by atoms with Crippen molar-refractivity contribution in [3.8, 4) is 11.5 Å². The lowest BCUT2D eigenvalue weighted by Crippen LogP contribution is -2.77. The molecule has 0 aromatic heterocycles. The van der Waals surface area contributed by atoms with E-state index in [0.717, 1.165) is 43.0 Å². The standard InChI is InChI=1S/C26H33NO5/c1-3-15(2)24(29)31-19-8-7-17-13-20-26(30)10-9-18(28)23-25(26,21(17)22(19)32-23)11-12-27(20)14-16-5-4-6-16/h3,7-8,16,18,20,23,28,30H,4-6,9-14H2,1-2H3/b15-3+. The van der Waals surface area contributed by atoms with Crippen molar-refractivity contribution in [3.63, 3.8) is 0 Å². The van der Waals surface area contributed by atoms with Crippen LogP contribution in [-0.2, 0) is 16.6 Å². The van der Waals surface area contributed by atoms with Crippen LogP contribution in [0.3, 0.4) is 0 Å². The minimum atomic E-state index is -0.945. The van der Waals surface area contributed by atoms with E-state index in [2.05, 4.69) is 4.90 Å². The molecule has 1 aromatic rings. The third-order valence-corrected chi connectivity index (χ3v) is 9.20. The van der Waals surface area contributed by atoms with Crippen LogP contribution in [-0.4, -0.2) is 58.0 Å². The molecular weight excluding hydrogens is 406 g/mol. The molecule has 1 spiro atoms. The summed E-state index contributed by atoms with van der Waals surface area (Å²) in [4.78, 5) is 15.0. The predicted molar refractivity (Wildman–Crippen MR) is 119 cm³/mol. The fraction of sp³-hybridized carbons (Fsp3) is 0.654. The van der Waals surface area contributed by atoms with Gasteiger partial charge in [-0.2, -0.15) is 0 Å². The van der Waals surface area contributed by atoms with E-state index in [1.165, 1.54) is 19.3 Å². The van der Waals surface area contributed by atoms with Gasteiger partial charge in [0.1, 0.15) is 6.10 Å². The molecule has 1 aromatic carbocycles. The first-order valence-corrected chi connectivity index (χ1v) is 12.2. The number of nitrogens with zero attached hydrogens (tertiary/aromatic N) is 1. The number of likely N-dealkylation sites (tertiary alicyclic amines) is 1. The monoisotopic (exact) mass is 439 g/mol. The van der Waals surface area contributed by atoms with Crippen molar-refractivity contribution in [2.45, 2.75) is 88.1 Å². The Kier molecular flexibility index (Phi) is 4.56. The van der Waals surface area contributed by atoms with Crippen LogP contribution in [0.15, 0.2) is 23.8 Å². The van der Waals surface area contributed by atoms with Gasteiger partial charge in [0.25, 0.3) is 0 Å². The Hall–Kier alpha value is -1.89. The molecule has 172 valence electrons. The summed E-state index contributed by atoms with van der Waals surface area (Å²) in [6.45, 7) is 5.49. The van der Waals surface area contributed by atoms with Crippen LogP contribution < -0.4 is 9.47 Å². The zero-order valence-corrected chi connectivity index (χ0v) is 19.0.